The molecule has 0 spiro atoms. The van der Waals surface area contributed by atoms with Crippen LogP contribution in [0.25, 0.3) is 11.1 Å². The number of aromatic nitrogens is 2. The summed E-state index contributed by atoms with van der Waals surface area (Å²) in [6, 6.07) is 1.82. The first-order valence-electron chi connectivity index (χ1n) is 8.15. The van der Waals surface area contributed by atoms with E-state index >= 15 is 0 Å². The number of nitrogens with two attached hydrogens (primary N) is 1. The molecule has 0 aliphatic rings. The SMILES string of the molecule is CCC(N)(CC)CNC(=O)c1cc(C(C)C)nc2onc(C)c12.Cl. The molecule has 7 heteroatoms. The maximum absolute atomic E-state index is 12.7. The first-order chi connectivity index (χ1) is 10.8. The van der Waals surface area contributed by atoms with E-state index in [9.17, 15) is 4.79 Å². The number of nitrogens with one attached hydrogen (secondary N) is 1. The van der Waals surface area contributed by atoms with Crippen LogP contribution in [0.5, 0.6) is 0 Å². The highest BCUT2D eigenvalue weighted by atomic mass is 35.5. The van der Waals surface area contributed by atoms with Gasteiger partial charge in [0, 0.05) is 17.8 Å². The molecular formula is C17H27ClN4O2. The molecule has 0 aromatic carbocycles. The first kappa shape index (κ1) is 20.4. The van der Waals surface area contributed by atoms with Gasteiger partial charge in [-0.2, -0.15) is 0 Å². The van der Waals surface area contributed by atoms with Crippen molar-refractivity contribution in [2.24, 2.45) is 5.73 Å². The van der Waals surface area contributed by atoms with Crippen molar-refractivity contribution in [3.05, 3.63) is 23.0 Å². The van der Waals surface area contributed by atoms with Crippen molar-refractivity contribution in [1.29, 1.82) is 0 Å². The molecule has 1 amide bonds. The lowest BCUT2D eigenvalue weighted by Gasteiger charge is -2.26. The molecule has 0 fully saturated rings. The summed E-state index contributed by atoms with van der Waals surface area (Å²) in [7, 11) is 0. The van der Waals surface area contributed by atoms with E-state index in [4.69, 9.17) is 10.3 Å². The highest BCUT2D eigenvalue weighted by Gasteiger charge is 2.24. The van der Waals surface area contributed by atoms with E-state index < -0.39 is 0 Å². The lowest BCUT2D eigenvalue weighted by molar-refractivity contribution is 0.0943. The van der Waals surface area contributed by atoms with Gasteiger partial charge in [0.05, 0.1) is 16.6 Å². The molecule has 6 nitrogen and oxygen atoms in total. The van der Waals surface area contributed by atoms with Crippen molar-refractivity contribution in [2.45, 2.75) is 58.9 Å². The molecule has 2 heterocycles. The molecule has 0 saturated heterocycles. The highest BCUT2D eigenvalue weighted by Crippen LogP contribution is 2.25. The number of halogens is 1. The summed E-state index contributed by atoms with van der Waals surface area (Å²) in [5.41, 5.74) is 8.31. The number of fused-ring (bicyclic) bond motifs is 1. The largest absolute Gasteiger partial charge is 0.350 e. The Morgan fingerprint density at radius 2 is 2.00 bits per heavy atom. The Labute approximate surface area is 149 Å². The van der Waals surface area contributed by atoms with Crippen LogP contribution in [0.3, 0.4) is 0 Å². The summed E-state index contributed by atoms with van der Waals surface area (Å²) in [5, 5.41) is 7.56. The molecule has 2 aromatic heterocycles. The van der Waals surface area contributed by atoms with Gasteiger partial charge in [-0.25, -0.2) is 4.98 Å². The Balaban J connectivity index is 0.00000288. The smallest absolute Gasteiger partial charge is 0.259 e. The third kappa shape index (κ3) is 4.05. The van der Waals surface area contributed by atoms with Crippen LogP contribution in [-0.2, 0) is 0 Å². The number of hydrogen-bond donors (Lipinski definition) is 2. The molecule has 2 aromatic rings. The van der Waals surface area contributed by atoms with Gasteiger partial charge in [-0.3, -0.25) is 4.79 Å². The van der Waals surface area contributed by atoms with Gasteiger partial charge in [0.15, 0.2) is 0 Å². The Morgan fingerprint density at radius 1 is 1.38 bits per heavy atom. The fourth-order valence-corrected chi connectivity index (χ4v) is 2.44. The second kappa shape index (κ2) is 7.94. The molecule has 0 unspecified atom stereocenters. The van der Waals surface area contributed by atoms with Crippen LogP contribution >= 0.6 is 12.4 Å². The fraction of sp³-hybridized carbons (Fsp3) is 0.588. The second-order valence-corrected chi connectivity index (χ2v) is 6.45. The van der Waals surface area contributed by atoms with E-state index in [2.05, 4.69) is 15.5 Å². The molecule has 0 atom stereocenters. The molecule has 24 heavy (non-hydrogen) atoms. The summed E-state index contributed by atoms with van der Waals surface area (Å²) in [6.45, 7) is 10.4. The molecule has 0 radical (unpaired) electrons. The minimum atomic E-state index is -0.383. The first-order valence-corrected chi connectivity index (χ1v) is 8.15. The van der Waals surface area contributed by atoms with Crippen LogP contribution in [0.4, 0.5) is 0 Å². The van der Waals surface area contributed by atoms with Crippen molar-refractivity contribution < 1.29 is 9.32 Å². The average molecular weight is 355 g/mol. The maximum atomic E-state index is 12.7. The summed E-state index contributed by atoms with van der Waals surface area (Å²) >= 11 is 0. The zero-order chi connectivity index (χ0) is 17.2. The zero-order valence-corrected chi connectivity index (χ0v) is 15.8. The molecule has 2 rings (SSSR count). The quantitative estimate of drug-likeness (QED) is 0.829. The van der Waals surface area contributed by atoms with Crippen molar-refractivity contribution in [3.8, 4) is 0 Å². The van der Waals surface area contributed by atoms with Crippen molar-refractivity contribution in [1.82, 2.24) is 15.5 Å². The van der Waals surface area contributed by atoms with E-state index in [0.717, 1.165) is 18.5 Å². The maximum Gasteiger partial charge on any atom is 0.259 e. The van der Waals surface area contributed by atoms with Gasteiger partial charge in [0.25, 0.3) is 11.6 Å². The Morgan fingerprint density at radius 3 is 2.54 bits per heavy atom. The lowest BCUT2D eigenvalue weighted by Crippen LogP contribution is -2.49. The summed E-state index contributed by atoms with van der Waals surface area (Å²) in [4.78, 5) is 17.1. The van der Waals surface area contributed by atoms with Crippen LogP contribution in [0.1, 0.15) is 68.2 Å². The predicted octanol–water partition coefficient (Wildman–Crippen LogP) is 3.32. The third-order valence-electron chi connectivity index (χ3n) is 4.48. The van der Waals surface area contributed by atoms with E-state index in [-0.39, 0.29) is 29.8 Å². The monoisotopic (exact) mass is 354 g/mol. The molecule has 0 bridgehead atoms. The number of amides is 1. The molecular weight excluding hydrogens is 328 g/mol. The normalized spacial score (nSPS) is 11.6. The fourth-order valence-electron chi connectivity index (χ4n) is 2.44. The van der Waals surface area contributed by atoms with Gasteiger partial charge < -0.3 is 15.6 Å². The van der Waals surface area contributed by atoms with Crippen molar-refractivity contribution in [2.75, 3.05) is 6.54 Å². The van der Waals surface area contributed by atoms with Gasteiger partial charge in [-0.15, -0.1) is 12.4 Å². The van der Waals surface area contributed by atoms with Gasteiger partial charge in [0.1, 0.15) is 0 Å². The Bertz CT molecular complexity index is 708. The van der Waals surface area contributed by atoms with Gasteiger partial charge in [-0.1, -0.05) is 32.9 Å². The third-order valence-corrected chi connectivity index (χ3v) is 4.48. The standard InChI is InChI=1S/C17H26N4O2.ClH/c1-6-17(18,7-2)9-19-15(22)12-8-13(10(3)4)20-16-14(12)11(5)21-23-16;/h8,10H,6-7,9,18H2,1-5H3,(H,19,22);1H. The van der Waals surface area contributed by atoms with E-state index in [1.165, 1.54) is 0 Å². The Hall–Kier alpha value is -1.66. The van der Waals surface area contributed by atoms with Crippen LogP contribution < -0.4 is 11.1 Å². The molecule has 0 aliphatic carbocycles. The number of rotatable bonds is 6. The predicted molar refractivity (Wildman–Crippen MR) is 97.7 cm³/mol. The van der Waals surface area contributed by atoms with Gasteiger partial charge in [0.2, 0.25) is 0 Å². The minimum Gasteiger partial charge on any atom is -0.350 e. The molecule has 0 aliphatic heterocycles. The van der Waals surface area contributed by atoms with E-state index in [1.807, 2.05) is 40.7 Å². The van der Waals surface area contributed by atoms with Gasteiger partial charge >= 0.3 is 0 Å². The number of pyridine rings is 1. The van der Waals surface area contributed by atoms with E-state index in [1.54, 1.807) is 0 Å². The molecule has 3 N–H and O–H groups in total. The average Bonchev–Trinajstić information content (AvgIpc) is 2.92. The lowest BCUT2D eigenvalue weighted by atomic mass is 9.94. The van der Waals surface area contributed by atoms with Gasteiger partial charge in [-0.05, 0) is 31.7 Å². The zero-order valence-electron chi connectivity index (χ0n) is 15.0. The summed E-state index contributed by atoms with van der Waals surface area (Å²) in [6.07, 6.45) is 1.61. The van der Waals surface area contributed by atoms with Crippen LogP contribution in [0.2, 0.25) is 0 Å². The van der Waals surface area contributed by atoms with Crippen LogP contribution in [-0.4, -0.2) is 28.1 Å². The summed E-state index contributed by atoms with van der Waals surface area (Å²) in [5.74, 6) is 0.0264. The topological polar surface area (TPSA) is 94.0 Å². The van der Waals surface area contributed by atoms with Crippen molar-refractivity contribution >= 4 is 29.4 Å². The number of hydrogen-bond acceptors (Lipinski definition) is 5. The number of nitrogens with zero attached hydrogens (tertiary/aromatic N) is 2. The summed E-state index contributed by atoms with van der Waals surface area (Å²) < 4.78 is 5.25. The number of carbonyl (C=O) groups excluding carboxylic acids is 1. The second-order valence-electron chi connectivity index (χ2n) is 6.45. The number of carbonyl (C=O) groups is 1. The van der Waals surface area contributed by atoms with Crippen molar-refractivity contribution in [3.63, 3.8) is 0 Å². The van der Waals surface area contributed by atoms with E-state index in [0.29, 0.717) is 28.9 Å². The highest BCUT2D eigenvalue weighted by molar-refractivity contribution is 6.06. The minimum absolute atomic E-state index is 0. The number of aryl methyl sites for hydroxylation is 1. The van der Waals surface area contributed by atoms with Crippen LogP contribution in [0, 0.1) is 6.92 Å². The van der Waals surface area contributed by atoms with Crippen LogP contribution in [0.15, 0.2) is 10.6 Å². The molecule has 134 valence electrons. The molecule has 0 saturated carbocycles. The Kier molecular flexibility index (Phi) is 6.75.